The summed E-state index contributed by atoms with van der Waals surface area (Å²) >= 11 is 5.78. The quantitative estimate of drug-likeness (QED) is 0.716. The molecule has 2 nitrogen and oxygen atoms in total. The number of aromatic nitrogens is 1. The predicted octanol–water partition coefficient (Wildman–Crippen LogP) is 3.84. The summed E-state index contributed by atoms with van der Waals surface area (Å²) in [6.45, 7) is 5.67. The highest BCUT2D eigenvalue weighted by Crippen LogP contribution is 2.31. The van der Waals surface area contributed by atoms with Gasteiger partial charge in [0.05, 0.1) is 0 Å². The normalized spacial score (nSPS) is 15.3. The summed E-state index contributed by atoms with van der Waals surface area (Å²) < 4.78 is 0. The van der Waals surface area contributed by atoms with Crippen molar-refractivity contribution in [2.75, 3.05) is 11.4 Å². The minimum absolute atomic E-state index is 0.544. The number of nitrogens with zero attached hydrogens (tertiary/aromatic N) is 2. The molecule has 0 aliphatic heterocycles. The Morgan fingerprint density at radius 3 is 2.65 bits per heavy atom. The van der Waals surface area contributed by atoms with Gasteiger partial charge < -0.3 is 4.90 Å². The fourth-order valence-corrected chi connectivity index (χ4v) is 2.09. The first-order valence-electron chi connectivity index (χ1n) is 6.48. The molecule has 0 N–H and O–H groups in total. The highest BCUT2D eigenvalue weighted by Gasteiger charge is 2.29. The minimum Gasteiger partial charge on any atom is -0.354 e. The van der Waals surface area contributed by atoms with Crippen molar-refractivity contribution >= 4 is 17.4 Å². The number of pyridine rings is 1. The molecule has 3 heteroatoms. The van der Waals surface area contributed by atoms with Crippen molar-refractivity contribution in [3.8, 4) is 0 Å². The average Bonchev–Trinajstić information content (AvgIpc) is 3.14. The first kappa shape index (κ1) is 12.7. The van der Waals surface area contributed by atoms with Crippen molar-refractivity contribution in [2.24, 2.45) is 5.92 Å². The Morgan fingerprint density at radius 1 is 1.41 bits per heavy atom. The van der Waals surface area contributed by atoms with Gasteiger partial charge in [-0.2, -0.15) is 0 Å². The molecular formula is C14H21ClN2. The number of halogens is 1. The van der Waals surface area contributed by atoms with Gasteiger partial charge in [0, 0.05) is 24.7 Å². The third kappa shape index (κ3) is 3.60. The van der Waals surface area contributed by atoms with Gasteiger partial charge >= 0.3 is 0 Å². The fourth-order valence-electron chi connectivity index (χ4n) is 1.93. The zero-order valence-corrected chi connectivity index (χ0v) is 11.5. The zero-order valence-electron chi connectivity index (χ0n) is 10.7. The molecule has 1 aromatic heterocycles. The lowest BCUT2D eigenvalue weighted by Crippen LogP contribution is -2.28. The van der Waals surface area contributed by atoms with Gasteiger partial charge in [-0.3, -0.25) is 0 Å². The molecule has 94 valence electrons. The first-order chi connectivity index (χ1) is 8.20. The summed E-state index contributed by atoms with van der Waals surface area (Å²) in [5.74, 6) is 2.41. The summed E-state index contributed by atoms with van der Waals surface area (Å²) in [6.07, 6.45) is 5.76. The van der Waals surface area contributed by atoms with Crippen LogP contribution in [0.15, 0.2) is 18.3 Å². The SMILES string of the molecule is CC(C)CCN(c1ccc(CCl)cn1)C1CC1. The lowest BCUT2D eigenvalue weighted by Gasteiger charge is -2.24. The second kappa shape index (κ2) is 5.72. The van der Waals surface area contributed by atoms with Gasteiger partial charge in [0.2, 0.25) is 0 Å². The lowest BCUT2D eigenvalue weighted by atomic mass is 10.1. The monoisotopic (exact) mass is 252 g/mol. The molecule has 1 aliphatic carbocycles. The van der Waals surface area contributed by atoms with Crippen molar-refractivity contribution in [2.45, 2.75) is 45.0 Å². The van der Waals surface area contributed by atoms with Crippen LogP contribution in [0.1, 0.15) is 38.7 Å². The maximum Gasteiger partial charge on any atom is 0.128 e. The molecule has 0 unspecified atom stereocenters. The molecule has 17 heavy (non-hydrogen) atoms. The number of alkyl halides is 1. The molecule has 1 aromatic rings. The maximum absolute atomic E-state index is 5.78. The number of anilines is 1. The van der Waals surface area contributed by atoms with Gasteiger partial charge in [-0.25, -0.2) is 4.98 Å². The van der Waals surface area contributed by atoms with Crippen LogP contribution in [0.2, 0.25) is 0 Å². The van der Waals surface area contributed by atoms with E-state index in [4.69, 9.17) is 11.6 Å². The average molecular weight is 253 g/mol. The zero-order chi connectivity index (χ0) is 12.3. The van der Waals surface area contributed by atoms with Crippen LogP contribution >= 0.6 is 11.6 Å². The van der Waals surface area contributed by atoms with E-state index in [1.807, 2.05) is 6.20 Å². The van der Waals surface area contributed by atoms with E-state index in [1.54, 1.807) is 0 Å². The molecule has 0 aromatic carbocycles. The summed E-state index contributed by atoms with van der Waals surface area (Å²) in [6, 6.07) is 4.92. The Labute approximate surface area is 109 Å². The molecule has 0 bridgehead atoms. The van der Waals surface area contributed by atoms with Crippen LogP contribution in [0.5, 0.6) is 0 Å². The predicted molar refractivity (Wildman–Crippen MR) is 73.6 cm³/mol. The van der Waals surface area contributed by atoms with Crippen LogP contribution in [0.3, 0.4) is 0 Å². The Balaban J connectivity index is 2.03. The highest BCUT2D eigenvalue weighted by atomic mass is 35.5. The summed E-state index contributed by atoms with van der Waals surface area (Å²) in [5, 5.41) is 0. The number of rotatable bonds is 6. The molecule has 0 amide bonds. The number of hydrogen-bond acceptors (Lipinski definition) is 2. The van der Waals surface area contributed by atoms with Crippen LogP contribution in [0, 0.1) is 5.92 Å². The van der Waals surface area contributed by atoms with Crippen LogP contribution in [-0.4, -0.2) is 17.6 Å². The van der Waals surface area contributed by atoms with E-state index in [0.717, 1.165) is 29.9 Å². The van der Waals surface area contributed by atoms with Crippen molar-refractivity contribution in [3.63, 3.8) is 0 Å². The molecule has 1 aliphatic rings. The second-order valence-corrected chi connectivity index (χ2v) is 5.53. The largest absolute Gasteiger partial charge is 0.354 e. The number of hydrogen-bond donors (Lipinski definition) is 0. The van der Waals surface area contributed by atoms with Crippen LogP contribution < -0.4 is 4.90 Å². The van der Waals surface area contributed by atoms with Gasteiger partial charge in [-0.15, -0.1) is 11.6 Å². The van der Waals surface area contributed by atoms with Crippen molar-refractivity contribution < 1.29 is 0 Å². The van der Waals surface area contributed by atoms with Crippen LogP contribution in [-0.2, 0) is 5.88 Å². The first-order valence-corrected chi connectivity index (χ1v) is 7.01. The molecule has 1 heterocycles. The molecule has 1 fully saturated rings. The van der Waals surface area contributed by atoms with E-state index >= 15 is 0 Å². The fraction of sp³-hybridized carbons (Fsp3) is 0.643. The third-order valence-corrected chi connectivity index (χ3v) is 3.50. The smallest absolute Gasteiger partial charge is 0.128 e. The van der Waals surface area contributed by atoms with E-state index in [2.05, 4.69) is 35.9 Å². The Kier molecular flexibility index (Phi) is 4.27. The Bertz CT molecular complexity index is 344. The molecule has 2 rings (SSSR count). The molecule has 0 spiro atoms. The highest BCUT2D eigenvalue weighted by molar-refractivity contribution is 6.17. The van der Waals surface area contributed by atoms with Gasteiger partial charge in [0.15, 0.2) is 0 Å². The summed E-state index contributed by atoms with van der Waals surface area (Å²) in [4.78, 5) is 6.99. The molecule has 1 saturated carbocycles. The van der Waals surface area contributed by atoms with Crippen LogP contribution in [0.25, 0.3) is 0 Å². The topological polar surface area (TPSA) is 16.1 Å². The Hall–Kier alpha value is -0.760. The van der Waals surface area contributed by atoms with Crippen LogP contribution in [0.4, 0.5) is 5.82 Å². The Morgan fingerprint density at radius 2 is 2.18 bits per heavy atom. The maximum atomic E-state index is 5.78. The molecular weight excluding hydrogens is 232 g/mol. The van der Waals surface area contributed by atoms with Crippen molar-refractivity contribution in [3.05, 3.63) is 23.9 Å². The van der Waals surface area contributed by atoms with Crippen molar-refractivity contribution in [1.82, 2.24) is 4.98 Å². The standard InChI is InChI=1S/C14H21ClN2/c1-11(2)7-8-17(13-4-5-13)14-6-3-12(9-15)10-16-14/h3,6,10-11,13H,4-5,7-9H2,1-2H3. The van der Waals surface area contributed by atoms with Gasteiger partial charge in [-0.05, 0) is 36.8 Å². The van der Waals surface area contributed by atoms with E-state index < -0.39 is 0 Å². The summed E-state index contributed by atoms with van der Waals surface area (Å²) in [7, 11) is 0. The van der Waals surface area contributed by atoms with Crippen molar-refractivity contribution in [1.29, 1.82) is 0 Å². The second-order valence-electron chi connectivity index (χ2n) is 5.27. The molecule has 0 atom stereocenters. The molecule has 0 saturated heterocycles. The van der Waals surface area contributed by atoms with E-state index in [0.29, 0.717) is 5.88 Å². The minimum atomic E-state index is 0.544. The third-order valence-electron chi connectivity index (χ3n) is 3.19. The van der Waals surface area contributed by atoms with E-state index in [-0.39, 0.29) is 0 Å². The van der Waals surface area contributed by atoms with Gasteiger partial charge in [0.1, 0.15) is 5.82 Å². The lowest BCUT2D eigenvalue weighted by molar-refractivity contribution is 0.568. The van der Waals surface area contributed by atoms with E-state index in [9.17, 15) is 0 Å². The van der Waals surface area contributed by atoms with Gasteiger partial charge in [-0.1, -0.05) is 19.9 Å². The van der Waals surface area contributed by atoms with E-state index in [1.165, 1.54) is 19.3 Å². The molecule has 0 radical (unpaired) electrons. The summed E-state index contributed by atoms with van der Waals surface area (Å²) in [5.41, 5.74) is 1.09. The van der Waals surface area contributed by atoms with Gasteiger partial charge in [0.25, 0.3) is 0 Å².